The van der Waals surface area contributed by atoms with Crippen molar-refractivity contribution in [1.29, 1.82) is 5.41 Å². The average Bonchev–Trinajstić information content (AvgIpc) is 2.67. The van der Waals surface area contributed by atoms with Gasteiger partial charge >= 0.3 is 0 Å². The smallest absolute Gasteiger partial charge is 0.283 e. The average molecular weight is 310 g/mol. The van der Waals surface area contributed by atoms with Crippen molar-refractivity contribution >= 4 is 21.6 Å². The Balaban J connectivity index is 2.47. The molecule has 0 fully saturated rings. The van der Waals surface area contributed by atoms with Crippen molar-refractivity contribution in [2.24, 2.45) is 9.81 Å². The molecule has 1 N–H and O–H groups in total. The van der Waals surface area contributed by atoms with E-state index >= 15 is 0 Å². The Morgan fingerprint density at radius 2 is 2.00 bits per heavy atom. The molecule has 1 aliphatic rings. The normalized spacial score (nSPS) is 16.3. The highest BCUT2D eigenvalue weighted by atomic mass is 32.2. The second kappa shape index (κ2) is 5.23. The summed E-state index contributed by atoms with van der Waals surface area (Å²) < 4.78 is 28.2. The second-order valence-electron chi connectivity index (χ2n) is 5.69. The molecule has 2 rings (SSSR count). The van der Waals surface area contributed by atoms with Gasteiger partial charge < -0.3 is 4.89 Å². The van der Waals surface area contributed by atoms with E-state index in [-0.39, 0.29) is 16.2 Å². The van der Waals surface area contributed by atoms with Crippen LogP contribution in [0, 0.1) is 10.8 Å². The van der Waals surface area contributed by atoms with E-state index < -0.39 is 10.0 Å². The lowest BCUT2D eigenvalue weighted by Crippen LogP contribution is -2.20. The lowest BCUT2D eigenvalue weighted by Gasteiger charge is -2.18. The van der Waals surface area contributed by atoms with Gasteiger partial charge in [-0.2, -0.15) is 17.7 Å². The van der Waals surface area contributed by atoms with E-state index in [4.69, 9.17) is 15.2 Å². The molecule has 1 heterocycles. The Labute approximate surface area is 124 Å². The van der Waals surface area contributed by atoms with Gasteiger partial charge in [0.05, 0.1) is 17.2 Å². The van der Waals surface area contributed by atoms with Gasteiger partial charge in [0.25, 0.3) is 15.9 Å². The van der Waals surface area contributed by atoms with Gasteiger partial charge in [0.1, 0.15) is 0 Å². The van der Waals surface area contributed by atoms with E-state index in [1.54, 1.807) is 19.1 Å². The first-order valence-electron chi connectivity index (χ1n) is 6.55. The maximum absolute atomic E-state index is 12.2. The maximum atomic E-state index is 12.2. The van der Waals surface area contributed by atoms with Gasteiger partial charge in [-0.25, -0.2) is 0 Å². The van der Waals surface area contributed by atoms with E-state index in [2.05, 4.69) is 4.40 Å². The van der Waals surface area contributed by atoms with Crippen LogP contribution in [0.2, 0.25) is 0 Å². The summed E-state index contributed by atoms with van der Waals surface area (Å²) in [5, 5.41) is 7.72. The minimum atomic E-state index is -3.72. The fourth-order valence-corrected chi connectivity index (χ4v) is 3.43. The van der Waals surface area contributed by atoms with Gasteiger partial charge in [-0.3, -0.25) is 5.41 Å². The molecular weight excluding hydrogens is 292 g/mol. The fourth-order valence-electron chi connectivity index (χ4n) is 2.00. The number of sulfonamides is 1. The van der Waals surface area contributed by atoms with Crippen LogP contribution in [0.3, 0.4) is 0 Å². The Kier molecular flexibility index (Phi) is 3.90. The van der Waals surface area contributed by atoms with E-state index in [0.29, 0.717) is 23.4 Å². The monoisotopic (exact) mass is 310 g/mol. The number of hydrogen-bond donors (Lipinski definition) is 1. The van der Waals surface area contributed by atoms with Gasteiger partial charge in [-0.05, 0) is 19.1 Å². The zero-order chi connectivity index (χ0) is 15.8. The highest BCUT2D eigenvalue weighted by Crippen LogP contribution is 2.34. The summed E-state index contributed by atoms with van der Waals surface area (Å²) in [5.74, 6) is -0.237. The molecule has 0 bridgehead atoms. The fraction of sp³-hybridized carbons (Fsp3) is 0.429. The Hall–Kier alpha value is -1.73. The topological polar surface area (TPSA) is 88.8 Å². The third-order valence-corrected chi connectivity index (χ3v) is 4.28. The van der Waals surface area contributed by atoms with Crippen LogP contribution in [0.15, 0.2) is 27.5 Å². The number of nitrogens with one attached hydrogen (secondary N) is 1. The van der Waals surface area contributed by atoms with Crippen LogP contribution in [-0.4, -0.2) is 26.6 Å². The van der Waals surface area contributed by atoms with E-state index in [1.807, 2.05) is 20.8 Å². The third kappa shape index (κ3) is 2.98. The van der Waals surface area contributed by atoms with Gasteiger partial charge in [-0.1, -0.05) is 26.8 Å². The van der Waals surface area contributed by atoms with Crippen molar-refractivity contribution in [3.8, 4) is 0 Å². The molecule has 21 heavy (non-hydrogen) atoms. The molecule has 0 spiro atoms. The Morgan fingerprint density at radius 1 is 1.33 bits per heavy atom. The standard InChI is InChI=1S/C14H18N2O4S/c1-5-19-20-13(15)9-6-7-10-11(8-9)21(17,18)16-12(10)14(2,3)4/h6-8,15H,5H2,1-4H3. The van der Waals surface area contributed by atoms with Crippen LogP contribution in [-0.2, 0) is 19.8 Å². The third-order valence-electron chi connectivity index (χ3n) is 2.96. The SMILES string of the molecule is CCOOC(=N)c1ccc2c(c1)S(=O)(=O)N=C2C(C)(C)C. The molecule has 6 nitrogen and oxygen atoms in total. The van der Waals surface area contributed by atoms with Crippen LogP contribution in [0.5, 0.6) is 0 Å². The summed E-state index contributed by atoms with van der Waals surface area (Å²) in [4.78, 5) is 9.55. The molecule has 0 aromatic heterocycles. The van der Waals surface area contributed by atoms with Crippen molar-refractivity contribution < 1.29 is 18.2 Å². The number of benzene rings is 1. The maximum Gasteiger partial charge on any atom is 0.283 e. The molecule has 114 valence electrons. The van der Waals surface area contributed by atoms with Gasteiger partial charge in [0, 0.05) is 16.5 Å². The summed E-state index contributed by atoms with van der Waals surface area (Å²) >= 11 is 0. The molecule has 0 aliphatic carbocycles. The highest BCUT2D eigenvalue weighted by molar-refractivity contribution is 7.90. The van der Waals surface area contributed by atoms with Crippen LogP contribution >= 0.6 is 0 Å². The summed E-state index contributed by atoms with van der Waals surface area (Å²) in [6.45, 7) is 7.74. The molecule has 0 saturated carbocycles. The largest absolute Gasteiger partial charge is 0.317 e. The number of rotatable bonds is 3. The molecule has 1 aromatic carbocycles. The van der Waals surface area contributed by atoms with Crippen molar-refractivity contribution in [2.75, 3.05) is 6.61 Å². The Morgan fingerprint density at radius 3 is 2.57 bits per heavy atom. The molecule has 1 aliphatic heterocycles. The van der Waals surface area contributed by atoms with Crippen molar-refractivity contribution in [2.45, 2.75) is 32.6 Å². The van der Waals surface area contributed by atoms with Gasteiger partial charge in [0.15, 0.2) is 0 Å². The summed E-state index contributed by atoms with van der Waals surface area (Å²) in [6, 6.07) is 4.68. The predicted octanol–water partition coefficient (Wildman–Crippen LogP) is 2.52. The molecule has 0 saturated heterocycles. The highest BCUT2D eigenvalue weighted by Gasteiger charge is 2.35. The first-order valence-corrected chi connectivity index (χ1v) is 7.99. The zero-order valence-electron chi connectivity index (χ0n) is 12.4. The number of nitrogens with zero attached hydrogens (tertiary/aromatic N) is 1. The lowest BCUT2D eigenvalue weighted by atomic mass is 9.85. The molecule has 0 atom stereocenters. The van der Waals surface area contributed by atoms with Crippen molar-refractivity contribution in [3.05, 3.63) is 29.3 Å². The molecule has 1 aromatic rings. The quantitative estimate of drug-likeness (QED) is 0.402. The van der Waals surface area contributed by atoms with Crippen LogP contribution in [0.4, 0.5) is 0 Å². The first kappa shape index (κ1) is 15.7. The molecule has 0 amide bonds. The minimum absolute atomic E-state index is 0.106. The zero-order valence-corrected chi connectivity index (χ0v) is 13.2. The van der Waals surface area contributed by atoms with E-state index in [9.17, 15) is 8.42 Å². The van der Waals surface area contributed by atoms with Gasteiger partial charge in [0.2, 0.25) is 0 Å². The lowest BCUT2D eigenvalue weighted by molar-refractivity contribution is -0.217. The summed E-state index contributed by atoms with van der Waals surface area (Å²) in [7, 11) is -3.72. The minimum Gasteiger partial charge on any atom is -0.317 e. The van der Waals surface area contributed by atoms with Crippen molar-refractivity contribution in [3.63, 3.8) is 0 Å². The summed E-state index contributed by atoms with van der Waals surface area (Å²) in [6.07, 6.45) is 0. The molecule has 7 heteroatoms. The van der Waals surface area contributed by atoms with Crippen LogP contribution in [0.25, 0.3) is 0 Å². The van der Waals surface area contributed by atoms with Crippen LogP contribution < -0.4 is 0 Å². The predicted molar refractivity (Wildman–Crippen MR) is 79.2 cm³/mol. The second-order valence-corrected chi connectivity index (χ2v) is 7.27. The van der Waals surface area contributed by atoms with E-state index in [1.165, 1.54) is 6.07 Å². The molecule has 0 unspecified atom stereocenters. The number of hydrogen-bond acceptors (Lipinski definition) is 5. The Bertz CT molecular complexity index is 715. The molecular formula is C14H18N2O4S. The number of fused-ring (bicyclic) bond motifs is 1. The van der Waals surface area contributed by atoms with Gasteiger partial charge in [-0.15, -0.1) is 0 Å². The first-order chi connectivity index (χ1) is 9.66. The van der Waals surface area contributed by atoms with Crippen LogP contribution in [0.1, 0.15) is 38.8 Å². The summed E-state index contributed by atoms with van der Waals surface area (Å²) in [5.41, 5.74) is 1.06. The van der Waals surface area contributed by atoms with Crippen molar-refractivity contribution in [1.82, 2.24) is 0 Å². The molecule has 0 radical (unpaired) electrons. The van der Waals surface area contributed by atoms with E-state index in [0.717, 1.165) is 0 Å².